The summed E-state index contributed by atoms with van der Waals surface area (Å²) in [5, 5.41) is 16.8. The lowest BCUT2D eigenvalue weighted by Crippen LogP contribution is -2.30. The van der Waals surface area contributed by atoms with Gasteiger partial charge >= 0.3 is 6.03 Å². The molecule has 2 amide bonds. The van der Waals surface area contributed by atoms with Gasteiger partial charge in [-0.2, -0.15) is 0 Å². The van der Waals surface area contributed by atoms with Gasteiger partial charge in [-0.25, -0.2) is 4.79 Å². The van der Waals surface area contributed by atoms with Gasteiger partial charge in [0.15, 0.2) is 5.82 Å². The van der Waals surface area contributed by atoms with E-state index in [0.717, 1.165) is 12.8 Å². The molecule has 1 fully saturated rings. The van der Waals surface area contributed by atoms with Crippen LogP contribution in [0.25, 0.3) is 0 Å². The van der Waals surface area contributed by atoms with E-state index in [2.05, 4.69) is 45.2 Å². The first-order valence-corrected chi connectivity index (χ1v) is 7.40. The first kappa shape index (κ1) is 14.3. The third-order valence-electron chi connectivity index (χ3n) is 3.54. The van der Waals surface area contributed by atoms with Crippen molar-refractivity contribution >= 4 is 17.7 Å². The average Bonchev–Trinajstić information content (AvgIpc) is 3.32. The fourth-order valence-corrected chi connectivity index (χ4v) is 2.05. The molecule has 3 rings (SSSR count). The van der Waals surface area contributed by atoms with Gasteiger partial charge in [0, 0.05) is 12.6 Å². The lowest BCUT2D eigenvalue weighted by Gasteiger charge is -2.09. The van der Waals surface area contributed by atoms with Crippen molar-refractivity contribution in [1.82, 2.24) is 15.5 Å². The number of aromatic nitrogens is 2. The Balaban J connectivity index is 1.52. The molecule has 3 N–H and O–H groups in total. The summed E-state index contributed by atoms with van der Waals surface area (Å²) in [6, 6.07) is 11.8. The molecule has 1 aliphatic carbocycles. The molecule has 1 saturated carbocycles. The molecule has 0 bridgehead atoms. The first-order valence-electron chi connectivity index (χ1n) is 7.40. The summed E-state index contributed by atoms with van der Waals surface area (Å²) in [5.41, 5.74) is 2.45. The molecule has 2 aromatic rings. The van der Waals surface area contributed by atoms with E-state index in [1.807, 2.05) is 12.1 Å². The smallest absolute Gasteiger partial charge is 0.320 e. The van der Waals surface area contributed by atoms with Gasteiger partial charge in [0.2, 0.25) is 0 Å². The van der Waals surface area contributed by atoms with Crippen molar-refractivity contribution in [3.8, 4) is 0 Å². The molecule has 1 aromatic heterocycles. The second-order valence-corrected chi connectivity index (χ2v) is 5.46. The molecule has 0 radical (unpaired) electrons. The van der Waals surface area contributed by atoms with Crippen molar-refractivity contribution < 1.29 is 4.79 Å². The van der Waals surface area contributed by atoms with Crippen LogP contribution in [0.1, 0.15) is 24.0 Å². The Labute approximate surface area is 129 Å². The number of hydrogen-bond donors (Lipinski definition) is 3. The van der Waals surface area contributed by atoms with Gasteiger partial charge in [-0.3, -0.25) is 5.32 Å². The van der Waals surface area contributed by atoms with E-state index < -0.39 is 0 Å². The number of anilines is 2. The summed E-state index contributed by atoms with van der Waals surface area (Å²) in [6.07, 6.45) is 2.11. The fourth-order valence-electron chi connectivity index (χ4n) is 2.05. The highest BCUT2D eigenvalue weighted by Gasteiger charge is 2.23. The van der Waals surface area contributed by atoms with E-state index in [1.165, 1.54) is 11.1 Å². The maximum absolute atomic E-state index is 11.6. The van der Waals surface area contributed by atoms with Gasteiger partial charge in [0.1, 0.15) is 5.82 Å². The number of carbonyl (C=O) groups excluding carboxylic acids is 1. The molecule has 0 atom stereocenters. The number of nitrogens with zero attached hydrogens (tertiary/aromatic N) is 2. The predicted molar refractivity (Wildman–Crippen MR) is 85.7 cm³/mol. The molecule has 0 unspecified atom stereocenters. The Kier molecular flexibility index (Phi) is 4.18. The summed E-state index contributed by atoms with van der Waals surface area (Å²) in [7, 11) is 0. The standard InChI is InChI=1S/C16H19N5O/c1-11-4-2-3-5-12(11)10-17-14-8-9-15(21-20-14)19-16(22)18-13-6-7-13/h2-5,8-9,13H,6-7,10H2,1H3,(H,17,20)(H2,18,19,21,22). The largest absolute Gasteiger partial charge is 0.364 e. The van der Waals surface area contributed by atoms with Gasteiger partial charge in [0.05, 0.1) is 0 Å². The van der Waals surface area contributed by atoms with Crippen molar-refractivity contribution in [2.24, 2.45) is 0 Å². The van der Waals surface area contributed by atoms with Gasteiger partial charge < -0.3 is 10.6 Å². The number of benzene rings is 1. The van der Waals surface area contributed by atoms with Crippen LogP contribution in [-0.4, -0.2) is 22.3 Å². The SMILES string of the molecule is Cc1ccccc1CNc1ccc(NC(=O)NC2CC2)nn1. The number of carbonyl (C=O) groups is 1. The molecular weight excluding hydrogens is 278 g/mol. The molecule has 114 valence electrons. The van der Waals surface area contributed by atoms with Crippen molar-refractivity contribution in [3.63, 3.8) is 0 Å². The number of hydrogen-bond acceptors (Lipinski definition) is 4. The first-order chi connectivity index (χ1) is 10.7. The van der Waals surface area contributed by atoms with Crippen LogP contribution in [0.15, 0.2) is 36.4 Å². The van der Waals surface area contributed by atoms with E-state index in [1.54, 1.807) is 12.1 Å². The van der Waals surface area contributed by atoms with Crippen LogP contribution in [0.5, 0.6) is 0 Å². The lowest BCUT2D eigenvalue weighted by molar-refractivity contribution is 0.251. The molecule has 22 heavy (non-hydrogen) atoms. The Bertz CT molecular complexity index is 652. The number of amides is 2. The van der Waals surface area contributed by atoms with Gasteiger partial charge in [0.25, 0.3) is 0 Å². The van der Waals surface area contributed by atoms with E-state index >= 15 is 0 Å². The molecule has 0 saturated heterocycles. The highest BCUT2D eigenvalue weighted by atomic mass is 16.2. The molecule has 0 spiro atoms. The highest BCUT2D eigenvalue weighted by molar-refractivity contribution is 5.88. The zero-order valence-electron chi connectivity index (χ0n) is 12.5. The topological polar surface area (TPSA) is 78.9 Å². The summed E-state index contributed by atoms with van der Waals surface area (Å²) in [5.74, 6) is 1.12. The predicted octanol–water partition coefficient (Wildman–Crippen LogP) is 2.68. The summed E-state index contributed by atoms with van der Waals surface area (Å²) in [6.45, 7) is 2.77. The van der Waals surface area contributed by atoms with Crippen LogP contribution in [-0.2, 0) is 6.54 Å². The van der Waals surface area contributed by atoms with Crippen molar-refractivity contribution in [3.05, 3.63) is 47.5 Å². The molecule has 1 heterocycles. The molecule has 1 aromatic carbocycles. The molecule has 6 nitrogen and oxygen atoms in total. The van der Waals surface area contributed by atoms with Crippen LogP contribution in [0, 0.1) is 6.92 Å². The summed E-state index contributed by atoms with van der Waals surface area (Å²) in [4.78, 5) is 11.6. The minimum atomic E-state index is -0.225. The van der Waals surface area contributed by atoms with Crippen molar-refractivity contribution in [2.45, 2.75) is 32.4 Å². The van der Waals surface area contributed by atoms with E-state index in [4.69, 9.17) is 0 Å². The van der Waals surface area contributed by atoms with Crippen molar-refractivity contribution in [2.75, 3.05) is 10.6 Å². The quantitative estimate of drug-likeness (QED) is 0.793. The highest BCUT2D eigenvalue weighted by Crippen LogP contribution is 2.18. The van der Waals surface area contributed by atoms with Crippen LogP contribution in [0.3, 0.4) is 0 Å². The normalized spacial score (nSPS) is 13.5. The van der Waals surface area contributed by atoms with E-state index in [9.17, 15) is 4.79 Å². The van der Waals surface area contributed by atoms with Crippen LogP contribution < -0.4 is 16.0 Å². The molecule has 6 heteroatoms. The van der Waals surface area contributed by atoms with E-state index in [-0.39, 0.29) is 6.03 Å². The zero-order chi connectivity index (χ0) is 15.4. The second kappa shape index (κ2) is 6.43. The fraction of sp³-hybridized carbons (Fsp3) is 0.312. The minimum Gasteiger partial charge on any atom is -0.364 e. The third-order valence-corrected chi connectivity index (χ3v) is 3.54. The van der Waals surface area contributed by atoms with Gasteiger partial charge in [-0.1, -0.05) is 24.3 Å². The second-order valence-electron chi connectivity index (χ2n) is 5.46. The minimum absolute atomic E-state index is 0.225. The number of rotatable bonds is 5. The van der Waals surface area contributed by atoms with Gasteiger partial charge in [-0.15, -0.1) is 10.2 Å². The third kappa shape index (κ3) is 3.94. The molecule has 1 aliphatic rings. The van der Waals surface area contributed by atoms with Crippen LogP contribution in [0.4, 0.5) is 16.4 Å². The Morgan fingerprint density at radius 1 is 1.14 bits per heavy atom. The van der Waals surface area contributed by atoms with Crippen LogP contribution in [0.2, 0.25) is 0 Å². The summed E-state index contributed by atoms with van der Waals surface area (Å²) < 4.78 is 0. The summed E-state index contributed by atoms with van der Waals surface area (Å²) >= 11 is 0. The maximum atomic E-state index is 11.6. The number of urea groups is 1. The number of nitrogens with one attached hydrogen (secondary N) is 3. The van der Waals surface area contributed by atoms with E-state index in [0.29, 0.717) is 24.2 Å². The van der Waals surface area contributed by atoms with Crippen LogP contribution >= 0.6 is 0 Å². The monoisotopic (exact) mass is 297 g/mol. The Morgan fingerprint density at radius 2 is 1.86 bits per heavy atom. The average molecular weight is 297 g/mol. The Hall–Kier alpha value is -2.63. The Morgan fingerprint density at radius 3 is 2.55 bits per heavy atom. The maximum Gasteiger partial charge on any atom is 0.320 e. The van der Waals surface area contributed by atoms with Crippen molar-refractivity contribution in [1.29, 1.82) is 0 Å². The molecule has 0 aliphatic heterocycles. The zero-order valence-corrected chi connectivity index (χ0v) is 12.5. The van der Waals surface area contributed by atoms with Gasteiger partial charge in [-0.05, 0) is 43.0 Å². The molecular formula is C16H19N5O. The number of aryl methyl sites for hydroxylation is 1. The lowest BCUT2D eigenvalue weighted by atomic mass is 10.1.